The maximum atomic E-state index is 11.9. The highest BCUT2D eigenvalue weighted by Gasteiger charge is 2.26. The van der Waals surface area contributed by atoms with Crippen LogP contribution in [0.5, 0.6) is 0 Å². The average Bonchev–Trinajstić information content (AvgIpc) is 2.16. The van der Waals surface area contributed by atoms with E-state index in [2.05, 4.69) is 4.98 Å². The van der Waals surface area contributed by atoms with Gasteiger partial charge in [0.1, 0.15) is 0 Å². The highest BCUT2D eigenvalue weighted by molar-refractivity contribution is 5.13. The molecule has 16 heavy (non-hydrogen) atoms. The van der Waals surface area contributed by atoms with Gasteiger partial charge in [-0.1, -0.05) is 6.07 Å². The summed E-state index contributed by atoms with van der Waals surface area (Å²) in [5.41, 5.74) is 1.37. The van der Waals surface area contributed by atoms with Crippen LogP contribution in [0.4, 0.5) is 13.2 Å². The standard InChI is InChI=1S/C11H14F3NO/c1-8-4-5-9(15-7-8)10(16)3-2-6-11(12,13)14/h4-5,7,10,16H,2-3,6H2,1H3. The second-order valence-electron chi connectivity index (χ2n) is 3.78. The zero-order valence-corrected chi connectivity index (χ0v) is 8.96. The number of aliphatic hydroxyl groups is 1. The molecule has 1 aromatic heterocycles. The molecule has 0 aromatic carbocycles. The molecule has 0 aliphatic rings. The molecule has 0 bridgehead atoms. The van der Waals surface area contributed by atoms with E-state index in [1.807, 2.05) is 6.92 Å². The van der Waals surface area contributed by atoms with Gasteiger partial charge in [0.2, 0.25) is 0 Å². The molecule has 5 heteroatoms. The van der Waals surface area contributed by atoms with Crippen molar-refractivity contribution in [1.82, 2.24) is 4.98 Å². The molecule has 0 fully saturated rings. The lowest BCUT2D eigenvalue weighted by molar-refractivity contribution is -0.136. The smallest absolute Gasteiger partial charge is 0.387 e. The first-order valence-corrected chi connectivity index (χ1v) is 5.06. The highest BCUT2D eigenvalue weighted by atomic mass is 19.4. The molecule has 90 valence electrons. The Morgan fingerprint density at radius 1 is 1.38 bits per heavy atom. The van der Waals surface area contributed by atoms with E-state index < -0.39 is 18.7 Å². The molecule has 1 atom stereocenters. The van der Waals surface area contributed by atoms with E-state index in [9.17, 15) is 18.3 Å². The van der Waals surface area contributed by atoms with Crippen LogP contribution in [0.15, 0.2) is 18.3 Å². The van der Waals surface area contributed by atoms with Crippen molar-refractivity contribution in [2.75, 3.05) is 0 Å². The van der Waals surface area contributed by atoms with Crippen LogP contribution in [-0.4, -0.2) is 16.3 Å². The fourth-order valence-electron chi connectivity index (χ4n) is 1.32. The SMILES string of the molecule is Cc1ccc(C(O)CCCC(F)(F)F)nc1. The van der Waals surface area contributed by atoms with Gasteiger partial charge in [-0.3, -0.25) is 4.98 Å². The Balaban J connectivity index is 2.41. The topological polar surface area (TPSA) is 33.1 Å². The van der Waals surface area contributed by atoms with Crippen LogP contribution in [0, 0.1) is 6.92 Å². The molecule has 1 heterocycles. The van der Waals surface area contributed by atoms with Gasteiger partial charge in [0.25, 0.3) is 0 Å². The summed E-state index contributed by atoms with van der Waals surface area (Å²) in [7, 11) is 0. The fourth-order valence-corrected chi connectivity index (χ4v) is 1.32. The zero-order chi connectivity index (χ0) is 12.2. The molecular weight excluding hydrogens is 219 g/mol. The number of hydrogen-bond donors (Lipinski definition) is 1. The summed E-state index contributed by atoms with van der Waals surface area (Å²) >= 11 is 0. The fraction of sp³-hybridized carbons (Fsp3) is 0.545. The average molecular weight is 233 g/mol. The second-order valence-corrected chi connectivity index (χ2v) is 3.78. The van der Waals surface area contributed by atoms with Crippen LogP contribution in [0.25, 0.3) is 0 Å². The lowest BCUT2D eigenvalue weighted by Gasteiger charge is -2.11. The third kappa shape index (κ3) is 4.61. The molecule has 1 rings (SSSR count). The largest absolute Gasteiger partial charge is 0.389 e. The van der Waals surface area contributed by atoms with Crippen LogP contribution in [-0.2, 0) is 0 Å². The van der Waals surface area contributed by atoms with Crippen molar-refractivity contribution in [2.45, 2.75) is 38.5 Å². The van der Waals surface area contributed by atoms with E-state index in [1.165, 1.54) is 0 Å². The Hall–Kier alpha value is -1.10. The van der Waals surface area contributed by atoms with Crippen LogP contribution >= 0.6 is 0 Å². The molecule has 0 aliphatic heterocycles. The number of halogens is 3. The van der Waals surface area contributed by atoms with Crippen molar-refractivity contribution in [2.24, 2.45) is 0 Å². The Labute approximate surface area is 92.1 Å². The van der Waals surface area contributed by atoms with Crippen molar-refractivity contribution in [3.8, 4) is 0 Å². The van der Waals surface area contributed by atoms with Gasteiger partial charge in [0.05, 0.1) is 11.8 Å². The number of aryl methyl sites for hydroxylation is 1. The van der Waals surface area contributed by atoms with Gasteiger partial charge < -0.3 is 5.11 Å². The quantitative estimate of drug-likeness (QED) is 0.866. The number of hydrogen-bond acceptors (Lipinski definition) is 2. The molecule has 1 aromatic rings. The predicted octanol–water partition coefficient (Wildman–Crippen LogP) is 3.16. The maximum absolute atomic E-state index is 11.9. The first kappa shape index (κ1) is 13.0. The Bertz CT molecular complexity index is 321. The normalized spacial score (nSPS) is 13.8. The monoisotopic (exact) mass is 233 g/mol. The van der Waals surface area contributed by atoms with Crippen molar-refractivity contribution in [1.29, 1.82) is 0 Å². The molecule has 0 saturated heterocycles. The number of alkyl halides is 3. The van der Waals surface area contributed by atoms with Gasteiger partial charge in [0.15, 0.2) is 0 Å². The van der Waals surface area contributed by atoms with Gasteiger partial charge >= 0.3 is 6.18 Å². The minimum Gasteiger partial charge on any atom is -0.387 e. The Kier molecular flexibility index (Phi) is 4.29. The van der Waals surface area contributed by atoms with Gasteiger partial charge in [-0.15, -0.1) is 0 Å². The third-order valence-electron chi connectivity index (χ3n) is 2.21. The zero-order valence-electron chi connectivity index (χ0n) is 8.96. The third-order valence-corrected chi connectivity index (χ3v) is 2.21. The lowest BCUT2D eigenvalue weighted by Crippen LogP contribution is -2.08. The molecule has 0 radical (unpaired) electrons. The minimum atomic E-state index is -4.15. The molecular formula is C11H14F3NO. The molecule has 0 saturated carbocycles. The summed E-state index contributed by atoms with van der Waals surface area (Å²) in [5.74, 6) is 0. The second kappa shape index (κ2) is 5.30. The number of aliphatic hydroxyl groups excluding tert-OH is 1. The summed E-state index contributed by atoms with van der Waals surface area (Å²) in [5, 5.41) is 9.58. The molecule has 1 unspecified atom stereocenters. The van der Waals surface area contributed by atoms with Crippen LogP contribution < -0.4 is 0 Å². The summed E-state index contributed by atoms with van der Waals surface area (Å²) in [6.07, 6.45) is -4.35. The predicted molar refractivity (Wildman–Crippen MR) is 53.8 cm³/mol. The van der Waals surface area contributed by atoms with Gasteiger partial charge in [-0.05, 0) is 31.4 Å². The first-order valence-electron chi connectivity index (χ1n) is 5.06. The lowest BCUT2D eigenvalue weighted by atomic mass is 10.1. The van der Waals surface area contributed by atoms with E-state index in [-0.39, 0.29) is 12.8 Å². The van der Waals surface area contributed by atoms with E-state index in [1.54, 1.807) is 18.3 Å². The minimum absolute atomic E-state index is 0.0789. The van der Waals surface area contributed by atoms with Crippen LogP contribution in [0.2, 0.25) is 0 Å². The van der Waals surface area contributed by atoms with Crippen molar-refractivity contribution in [3.63, 3.8) is 0 Å². The molecule has 0 spiro atoms. The number of nitrogens with zero attached hydrogens (tertiary/aromatic N) is 1. The molecule has 2 nitrogen and oxygen atoms in total. The van der Waals surface area contributed by atoms with E-state index >= 15 is 0 Å². The summed E-state index contributed by atoms with van der Waals surface area (Å²) in [6.45, 7) is 1.85. The van der Waals surface area contributed by atoms with Gasteiger partial charge in [-0.25, -0.2) is 0 Å². The summed E-state index contributed by atoms with van der Waals surface area (Å²) in [4.78, 5) is 3.96. The van der Waals surface area contributed by atoms with Crippen molar-refractivity contribution >= 4 is 0 Å². The summed E-state index contributed by atoms with van der Waals surface area (Å²) < 4.78 is 35.6. The van der Waals surface area contributed by atoms with E-state index in [4.69, 9.17) is 0 Å². The van der Waals surface area contributed by atoms with E-state index in [0.29, 0.717) is 5.69 Å². The maximum Gasteiger partial charge on any atom is 0.389 e. The van der Waals surface area contributed by atoms with Crippen LogP contribution in [0.1, 0.15) is 36.6 Å². The molecule has 0 amide bonds. The number of pyridine rings is 1. The number of rotatable bonds is 4. The summed E-state index contributed by atoms with van der Waals surface area (Å²) in [6, 6.07) is 3.41. The highest BCUT2D eigenvalue weighted by Crippen LogP contribution is 2.25. The van der Waals surface area contributed by atoms with Gasteiger partial charge in [0, 0.05) is 12.6 Å². The Morgan fingerprint density at radius 3 is 2.56 bits per heavy atom. The van der Waals surface area contributed by atoms with Crippen molar-refractivity contribution in [3.05, 3.63) is 29.6 Å². The first-order chi connectivity index (χ1) is 7.38. The molecule has 1 N–H and O–H groups in total. The van der Waals surface area contributed by atoms with E-state index in [0.717, 1.165) is 5.56 Å². The molecule has 0 aliphatic carbocycles. The van der Waals surface area contributed by atoms with Crippen LogP contribution in [0.3, 0.4) is 0 Å². The van der Waals surface area contributed by atoms with Gasteiger partial charge in [-0.2, -0.15) is 13.2 Å². The number of aromatic nitrogens is 1. The van der Waals surface area contributed by atoms with Crippen molar-refractivity contribution < 1.29 is 18.3 Å². The Morgan fingerprint density at radius 2 is 2.06 bits per heavy atom.